The van der Waals surface area contributed by atoms with Gasteiger partial charge >= 0.3 is 5.97 Å². The quantitative estimate of drug-likeness (QED) is 0.407. The van der Waals surface area contributed by atoms with E-state index < -0.39 is 9.04 Å². The van der Waals surface area contributed by atoms with Crippen LogP contribution in [0.5, 0.6) is 5.75 Å². The van der Waals surface area contributed by atoms with Gasteiger partial charge in [0.05, 0.1) is 0 Å². The van der Waals surface area contributed by atoms with Crippen LogP contribution in [0.25, 0.3) is 0 Å². The first-order chi connectivity index (χ1) is 11.2. The third-order valence-electron chi connectivity index (χ3n) is 3.90. The summed E-state index contributed by atoms with van der Waals surface area (Å²) in [4.78, 5) is 11.9. The van der Waals surface area contributed by atoms with Gasteiger partial charge in [0.25, 0.3) is 0 Å². The standard InChI is InChI=1S/C21H34O3Si/c1-14(2)19(22)23-13-15-11-16(20(3,4)5)12-17(21(6,7)8)18(15)24-25(9)10/h11-12,25H,1,13H2,2-10H3. The van der Waals surface area contributed by atoms with Crippen molar-refractivity contribution >= 4 is 15.0 Å². The maximum atomic E-state index is 11.9. The van der Waals surface area contributed by atoms with E-state index in [1.807, 2.05) is 0 Å². The smallest absolute Gasteiger partial charge is 0.333 e. The van der Waals surface area contributed by atoms with Gasteiger partial charge in [-0.15, -0.1) is 0 Å². The maximum Gasteiger partial charge on any atom is 0.333 e. The summed E-state index contributed by atoms with van der Waals surface area (Å²) in [6.07, 6.45) is 0. The minimum absolute atomic E-state index is 0.000895. The fraction of sp³-hybridized carbons (Fsp3) is 0.571. The fourth-order valence-corrected chi connectivity index (χ4v) is 3.18. The van der Waals surface area contributed by atoms with Crippen LogP contribution in [0.1, 0.15) is 65.2 Å². The number of carbonyl (C=O) groups is 1. The highest BCUT2D eigenvalue weighted by Crippen LogP contribution is 2.39. The zero-order valence-electron chi connectivity index (χ0n) is 17.4. The molecule has 1 rings (SSSR count). The van der Waals surface area contributed by atoms with Gasteiger partial charge in [-0.3, -0.25) is 0 Å². The molecule has 0 saturated heterocycles. The molecule has 0 spiro atoms. The third kappa shape index (κ3) is 6.03. The van der Waals surface area contributed by atoms with Gasteiger partial charge in [0, 0.05) is 11.1 Å². The van der Waals surface area contributed by atoms with Crippen molar-refractivity contribution in [3.05, 3.63) is 41.0 Å². The molecule has 0 atom stereocenters. The Hall–Kier alpha value is -1.55. The minimum Gasteiger partial charge on any atom is -0.547 e. The Balaban J connectivity index is 3.51. The van der Waals surface area contributed by atoms with Gasteiger partial charge in [0.15, 0.2) is 0 Å². The average Bonchev–Trinajstić information content (AvgIpc) is 2.42. The van der Waals surface area contributed by atoms with Gasteiger partial charge in [-0.1, -0.05) is 54.2 Å². The lowest BCUT2D eigenvalue weighted by atomic mass is 9.79. The van der Waals surface area contributed by atoms with Crippen molar-refractivity contribution in [3.63, 3.8) is 0 Å². The summed E-state index contributed by atoms with van der Waals surface area (Å²) in [7, 11) is -1.31. The maximum absolute atomic E-state index is 11.9. The summed E-state index contributed by atoms with van der Waals surface area (Å²) in [5, 5.41) is 0. The lowest BCUT2D eigenvalue weighted by Gasteiger charge is -2.30. The highest BCUT2D eigenvalue weighted by Gasteiger charge is 2.26. The predicted molar refractivity (Wildman–Crippen MR) is 108 cm³/mol. The second kappa shape index (κ2) is 7.77. The summed E-state index contributed by atoms with van der Waals surface area (Å²) in [6.45, 7) is 22.9. The monoisotopic (exact) mass is 362 g/mol. The van der Waals surface area contributed by atoms with Gasteiger partial charge < -0.3 is 9.16 Å². The first-order valence-electron chi connectivity index (χ1n) is 8.90. The van der Waals surface area contributed by atoms with Crippen molar-refractivity contribution in [3.8, 4) is 5.75 Å². The number of hydrogen-bond donors (Lipinski definition) is 0. The van der Waals surface area contributed by atoms with Gasteiger partial charge in [0.1, 0.15) is 12.4 Å². The molecule has 0 fully saturated rings. The molecular weight excluding hydrogens is 328 g/mol. The van der Waals surface area contributed by atoms with E-state index in [2.05, 4.69) is 73.3 Å². The molecule has 0 aliphatic heterocycles. The van der Waals surface area contributed by atoms with Crippen molar-refractivity contribution in [2.75, 3.05) is 0 Å². The average molecular weight is 363 g/mol. The van der Waals surface area contributed by atoms with Gasteiger partial charge in [-0.2, -0.15) is 0 Å². The number of esters is 1. The second-order valence-corrected chi connectivity index (χ2v) is 11.4. The van der Waals surface area contributed by atoms with Crippen LogP contribution in [0, 0.1) is 0 Å². The van der Waals surface area contributed by atoms with E-state index in [0.29, 0.717) is 5.57 Å². The molecule has 0 bridgehead atoms. The number of carbonyl (C=O) groups excluding carboxylic acids is 1. The van der Waals surface area contributed by atoms with E-state index >= 15 is 0 Å². The van der Waals surface area contributed by atoms with E-state index in [-0.39, 0.29) is 23.4 Å². The molecule has 0 N–H and O–H groups in total. The molecule has 0 aliphatic rings. The Bertz CT molecular complexity index is 646. The Labute approximate surface area is 155 Å². The molecule has 0 heterocycles. The lowest BCUT2D eigenvalue weighted by molar-refractivity contribution is -0.140. The zero-order valence-corrected chi connectivity index (χ0v) is 18.5. The molecule has 0 unspecified atom stereocenters. The van der Waals surface area contributed by atoms with Crippen molar-refractivity contribution in [1.82, 2.24) is 0 Å². The van der Waals surface area contributed by atoms with Crippen molar-refractivity contribution in [1.29, 1.82) is 0 Å². The Morgan fingerprint density at radius 3 is 2.04 bits per heavy atom. The molecule has 25 heavy (non-hydrogen) atoms. The van der Waals surface area contributed by atoms with Crippen molar-refractivity contribution in [2.45, 2.75) is 79.0 Å². The van der Waals surface area contributed by atoms with Crippen LogP contribution < -0.4 is 4.43 Å². The Morgan fingerprint density at radius 1 is 1.08 bits per heavy atom. The largest absolute Gasteiger partial charge is 0.547 e. The first-order valence-corrected chi connectivity index (χ1v) is 11.7. The predicted octanol–water partition coefficient (Wildman–Crippen LogP) is 5.26. The summed E-state index contributed by atoms with van der Waals surface area (Å²) in [5.74, 6) is 0.517. The molecule has 0 radical (unpaired) electrons. The number of hydrogen-bond acceptors (Lipinski definition) is 3. The molecule has 4 heteroatoms. The lowest BCUT2D eigenvalue weighted by Crippen LogP contribution is -2.22. The zero-order chi connectivity index (χ0) is 19.6. The minimum atomic E-state index is -1.31. The molecule has 0 aliphatic carbocycles. The second-order valence-electron chi connectivity index (χ2n) is 9.04. The Morgan fingerprint density at radius 2 is 1.64 bits per heavy atom. The molecule has 0 amide bonds. The third-order valence-corrected chi connectivity index (χ3v) is 4.61. The van der Waals surface area contributed by atoms with Crippen LogP contribution in [0.15, 0.2) is 24.3 Å². The van der Waals surface area contributed by atoms with E-state index in [0.717, 1.165) is 11.3 Å². The summed E-state index contributed by atoms with van der Waals surface area (Å²) < 4.78 is 11.7. The Kier molecular flexibility index (Phi) is 6.68. The van der Waals surface area contributed by atoms with Crippen LogP contribution in [-0.4, -0.2) is 15.0 Å². The van der Waals surface area contributed by atoms with Crippen LogP contribution in [0.2, 0.25) is 13.1 Å². The molecular formula is C21H34O3Si. The van der Waals surface area contributed by atoms with E-state index in [1.54, 1.807) is 6.92 Å². The SMILES string of the molecule is C=C(C)C(=O)OCc1cc(C(C)(C)C)cc(C(C)(C)C)c1O[SiH](C)C. The van der Waals surface area contributed by atoms with Crippen LogP contribution in [0.3, 0.4) is 0 Å². The number of benzene rings is 1. The first kappa shape index (κ1) is 21.5. The molecule has 0 aromatic heterocycles. The summed E-state index contributed by atoms with van der Waals surface area (Å²) >= 11 is 0. The highest BCUT2D eigenvalue weighted by atomic mass is 28.3. The summed E-state index contributed by atoms with van der Waals surface area (Å²) in [6, 6.07) is 4.36. The number of ether oxygens (including phenoxy) is 1. The van der Waals surface area contributed by atoms with E-state index in [9.17, 15) is 4.79 Å². The molecule has 0 saturated carbocycles. The summed E-state index contributed by atoms with van der Waals surface area (Å²) in [5.41, 5.74) is 3.67. The van der Waals surface area contributed by atoms with E-state index in [4.69, 9.17) is 9.16 Å². The van der Waals surface area contributed by atoms with Crippen LogP contribution in [0.4, 0.5) is 0 Å². The molecule has 3 nitrogen and oxygen atoms in total. The normalized spacial score (nSPS) is 12.2. The molecule has 140 valence electrons. The van der Waals surface area contributed by atoms with Gasteiger partial charge in [-0.05, 0) is 48.0 Å². The topological polar surface area (TPSA) is 35.5 Å². The van der Waals surface area contributed by atoms with Crippen LogP contribution >= 0.6 is 0 Å². The molecule has 1 aromatic carbocycles. The van der Waals surface area contributed by atoms with Gasteiger partial charge in [0.2, 0.25) is 9.04 Å². The van der Waals surface area contributed by atoms with Crippen LogP contribution in [-0.2, 0) is 27.0 Å². The molecule has 1 aromatic rings. The van der Waals surface area contributed by atoms with Crippen molar-refractivity contribution in [2.24, 2.45) is 0 Å². The fourth-order valence-electron chi connectivity index (χ4n) is 2.43. The van der Waals surface area contributed by atoms with Crippen molar-refractivity contribution < 1.29 is 14.0 Å². The highest BCUT2D eigenvalue weighted by molar-refractivity contribution is 6.49. The van der Waals surface area contributed by atoms with E-state index in [1.165, 1.54) is 11.1 Å². The van der Waals surface area contributed by atoms with Gasteiger partial charge in [-0.25, -0.2) is 4.79 Å². The number of rotatable bonds is 5.